The summed E-state index contributed by atoms with van der Waals surface area (Å²) in [6.07, 6.45) is 7.12. The van der Waals surface area contributed by atoms with E-state index in [-0.39, 0.29) is 0 Å². The van der Waals surface area contributed by atoms with Crippen LogP contribution in [0.3, 0.4) is 0 Å². The monoisotopic (exact) mass is 400 g/mol. The number of hydrogen-bond acceptors (Lipinski definition) is 5. The summed E-state index contributed by atoms with van der Waals surface area (Å²) in [5.41, 5.74) is 4.19. The summed E-state index contributed by atoms with van der Waals surface area (Å²) >= 11 is 1.95. The van der Waals surface area contributed by atoms with Crippen LogP contribution in [0.5, 0.6) is 0 Å². The minimum Gasteiger partial charge on any atom is -0.370 e. The van der Waals surface area contributed by atoms with E-state index >= 15 is 0 Å². The van der Waals surface area contributed by atoms with E-state index in [2.05, 4.69) is 66.9 Å². The molecular formula is C23H36N4S. The topological polar surface area (TPSA) is 21.8 Å². The molecule has 1 saturated heterocycles. The number of rotatable bonds is 8. The van der Waals surface area contributed by atoms with Gasteiger partial charge in [-0.15, -0.1) is 11.3 Å². The van der Waals surface area contributed by atoms with E-state index in [0.717, 1.165) is 50.8 Å². The Labute approximate surface area is 175 Å². The van der Waals surface area contributed by atoms with Crippen LogP contribution in [0.4, 0.5) is 5.00 Å². The number of nitrogens with zero attached hydrogens (tertiary/aromatic N) is 3. The maximum atomic E-state index is 4.50. The van der Waals surface area contributed by atoms with Gasteiger partial charge in [0, 0.05) is 42.3 Å². The van der Waals surface area contributed by atoms with E-state index in [1.807, 2.05) is 11.3 Å². The highest BCUT2D eigenvalue weighted by Crippen LogP contribution is 2.48. The lowest BCUT2D eigenvalue weighted by Crippen LogP contribution is -2.38. The Balaban J connectivity index is 2.02. The molecule has 0 spiro atoms. The van der Waals surface area contributed by atoms with Crippen molar-refractivity contribution in [3.8, 4) is 0 Å². The van der Waals surface area contributed by atoms with E-state index < -0.39 is 0 Å². The molecule has 5 heteroatoms. The zero-order valence-corrected chi connectivity index (χ0v) is 18.9. The Morgan fingerprint density at radius 2 is 1.93 bits per heavy atom. The van der Waals surface area contributed by atoms with Crippen molar-refractivity contribution in [2.24, 2.45) is 0 Å². The number of fused-ring (bicyclic) bond motifs is 1. The van der Waals surface area contributed by atoms with E-state index in [1.54, 1.807) is 0 Å². The highest BCUT2D eigenvalue weighted by Gasteiger charge is 2.33. The van der Waals surface area contributed by atoms with Gasteiger partial charge in [-0.05, 0) is 32.3 Å². The van der Waals surface area contributed by atoms with Gasteiger partial charge in [-0.25, -0.2) is 0 Å². The number of unbranched alkanes of at least 4 members (excludes halogenated alkanes) is 2. The lowest BCUT2D eigenvalue weighted by atomic mass is 10.0. The lowest BCUT2D eigenvalue weighted by Gasteiger charge is -2.41. The molecule has 1 fully saturated rings. The third-order valence-corrected chi connectivity index (χ3v) is 7.07. The summed E-state index contributed by atoms with van der Waals surface area (Å²) in [7, 11) is 0. The molecule has 154 valence electrons. The maximum absolute atomic E-state index is 4.50. The zero-order chi connectivity index (χ0) is 20.3. The maximum Gasteiger partial charge on any atom is 0.106 e. The quantitative estimate of drug-likeness (QED) is 0.583. The first-order valence-electron chi connectivity index (χ1n) is 10.8. The molecule has 3 rings (SSSR count). The first-order valence-corrected chi connectivity index (χ1v) is 11.6. The first-order chi connectivity index (χ1) is 13.5. The number of thiophene rings is 1. The van der Waals surface area contributed by atoms with Crippen LogP contribution in [0, 0.1) is 6.92 Å². The molecule has 1 aromatic heterocycles. The van der Waals surface area contributed by atoms with Gasteiger partial charge in [-0.2, -0.15) is 0 Å². The number of anilines is 1. The third kappa shape index (κ3) is 3.82. The molecular weight excluding hydrogens is 364 g/mol. The predicted molar refractivity (Wildman–Crippen MR) is 123 cm³/mol. The van der Waals surface area contributed by atoms with Crippen molar-refractivity contribution in [3.05, 3.63) is 46.9 Å². The molecule has 0 aliphatic carbocycles. The van der Waals surface area contributed by atoms with Gasteiger partial charge in [-0.1, -0.05) is 45.9 Å². The second-order valence-electron chi connectivity index (χ2n) is 7.64. The lowest BCUT2D eigenvalue weighted by molar-refractivity contribution is 0.393. The van der Waals surface area contributed by atoms with E-state index in [1.165, 1.54) is 46.0 Å². The fourth-order valence-corrected chi connectivity index (χ4v) is 5.54. The minimum absolute atomic E-state index is 0.941. The van der Waals surface area contributed by atoms with Gasteiger partial charge < -0.3 is 20.0 Å². The van der Waals surface area contributed by atoms with E-state index in [0.29, 0.717) is 0 Å². The Bertz CT molecular complexity index is 761. The summed E-state index contributed by atoms with van der Waals surface area (Å²) in [6.45, 7) is 22.6. The molecule has 0 aromatic carbocycles. The highest BCUT2D eigenvalue weighted by atomic mass is 32.1. The van der Waals surface area contributed by atoms with Crippen LogP contribution in [-0.2, 0) is 6.54 Å². The normalized spacial score (nSPS) is 18.3. The molecule has 2 aliphatic rings. The van der Waals surface area contributed by atoms with Crippen LogP contribution in [0.25, 0.3) is 5.70 Å². The predicted octanol–water partition coefficient (Wildman–Crippen LogP) is 5.49. The Hall–Kier alpha value is -1.88. The molecule has 1 aromatic rings. The average Bonchev–Trinajstić information content (AvgIpc) is 3.22. The number of allylic oxidation sites excluding steroid dienone is 1. The van der Waals surface area contributed by atoms with Crippen molar-refractivity contribution >= 4 is 22.0 Å². The van der Waals surface area contributed by atoms with Crippen LogP contribution < -0.4 is 10.2 Å². The van der Waals surface area contributed by atoms with E-state index in [9.17, 15) is 0 Å². The molecule has 0 amide bonds. The van der Waals surface area contributed by atoms with Gasteiger partial charge in [-0.3, -0.25) is 0 Å². The van der Waals surface area contributed by atoms with Crippen molar-refractivity contribution in [1.82, 2.24) is 15.1 Å². The summed E-state index contributed by atoms with van der Waals surface area (Å²) in [5.74, 6) is 2.18. The van der Waals surface area contributed by atoms with Crippen LogP contribution >= 0.6 is 11.3 Å². The van der Waals surface area contributed by atoms with Gasteiger partial charge in [0.15, 0.2) is 0 Å². The third-order valence-electron chi connectivity index (χ3n) is 5.77. The van der Waals surface area contributed by atoms with Crippen LogP contribution in [0.15, 0.2) is 30.9 Å². The molecule has 0 atom stereocenters. The van der Waals surface area contributed by atoms with Crippen molar-refractivity contribution in [3.63, 3.8) is 0 Å². The molecule has 0 radical (unpaired) electrons. The van der Waals surface area contributed by atoms with Crippen molar-refractivity contribution in [2.45, 2.75) is 59.9 Å². The Kier molecular flexibility index (Phi) is 6.76. The smallest absolute Gasteiger partial charge is 0.106 e. The van der Waals surface area contributed by atoms with E-state index in [4.69, 9.17) is 0 Å². The molecule has 4 nitrogen and oxygen atoms in total. The van der Waals surface area contributed by atoms with Gasteiger partial charge in [0.25, 0.3) is 0 Å². The zero-order valence-electron chi connectivity index (χ0n) is 18.1. The molecule has 2 aliphatic heterocycles. The summed E-state index contributed by atoms with van der Waals surface area (Å²) in [6, 6.07) is 0. The SMILES string of the molecule is C=C1NCCN1Cc1sc2c(c1C)C(=CCC)N(CC)C(=C)N2CCCCC. The molecule has 3 heterocycles. The van der Waals surface area contributed by atoms with Crippen molar-refractivity contribution in [1.29, 1.82) is 0 Å². The molecule has 0 unspecified atom stereocenters. The second kappa shape index (κ2) is 9.08. The highest BCUT2D eigenvalue weighted by molar-refractivity contribution is 7.16. The standard InChI is InChI=1S/C23H36N4S/c1-7-10-11-14-27-19(6)26(9-3)20(12-8-2)22-17(4)21(28-23(22)27)16-25-15-13-24-18(25)5/h12,24H,5-11,13-16H2,1-4H3. The summed E-state index contributed by atoms with van der Waals surface area (Å²) < 4.78 is 0. The van der Waals surface area contributed by atoms with Gasteiger partial charge >= 0.3 is 0 Å². The van der Waals surface area contributed by atoms with Gasteiger partial charge in [0.05, 0.1) is 12.4 Å². The minimum atomic E-state index is 0.941. The van der Waals surface area contributed by atoms with Crippen molar-refractivity contribution < 1.29 is 0 Å². The molecule has 0 bridgehead atoms. The summed E-state index contributed by atoms with van der Waals surface area (Å²) in [5, 5.41) is 4.74. The summed E-state index contributed by atoms with van der Waals surface area (Å²) in [4.78, 5) is 8.68. The van der Waals surface area contributed by atoms with Crippen molar-refractivity contribution in [2.75, 3.05) is 31.1 Å². The fraction of sp³-hybridized carbons (Fsp3) is 0.565. The number of hydrogen-bond donors (Lipinski definition) is 1. The Morgan fingerprint density at radius 3 is 2.54 bits per heavy atom. The van der Waals surface area contributed by atoms with Crippen LogP contribution in [0.1, 0.15) is 62.5 Å². The van der Waals surface area contributed by atoms with Crippen LogP contribution in [-0.4, -0.2) is 36.0 Å². The molecule has 0 saturated carbocycles. The van der Waals surface area contributed by atoms with Crippen LogP contribution in [0.2, 0.25) is 0 Å². The average molecular weight is 401 g/mol. The molecule has 28 heavy (non-hydrogen) atoms. The largest absolute Gasteiger partial charge is 0.370 e. The van der Waals surface area contributed by atoms with Gasteiger partial charge in [0.1, 0.15) is 10.8 Å². The first kappa shape index (κ1) is 20.8. The molecule has 1 N–H and O–H groups in total. The fourth-order valence-electron chi connectivity index (χ4n) is 4.16. The Morgan fingerprint density at radius 1 is 1.14 bits per heavy atom. The number of nitrogens with one attached hydrogen (secondary N) is 1. The second-order valence-corrected chi connectivity index (χ2v) is 8.73. The van der Waals surface area contributed by atoms with Gasteiger partial charge in [0.2, 0.25) is 0 Å².